The van der Waals surface area contributed by atoms with Crippen molar-refractivity contribution in [2.75, 3.05) is 0 Å². The highest BCUT2D eigenvalue weighted by atomic mass is 16.4. The Balaban J connectivity index is 2.38. The van der Waals surface area contributed by atoms with Crippen LogP contribution in [0.1, 0.15) is 58.8 Å². The third kappa shape index (κ3) is 4.94. The van der Waals surface area contributed by atoms with Crippen molar-refractivity contribution in [3.05, 3.63) is 0 Å². The Morgan fingerprint density at radius 2 is 2.06 bits per heavy atom. The molecule has 1 aliphatic rings. The summed E-state index contributed by atoms with van der Waals surface area (Å²) in [6, 6.07) is 0.856. The minimum Gasteiger partial charge on any atom is -0.409 e. The van der Waals surface area contributed by atoms with E-state index in [0.717, 1.165) is 12.3 Å². The lowest BCUT2D eigenvalue weighted by Crippen LogP contribution is -2.43. The Labute approximate surface area is 105 Å². The molecule has 2 atom stereocenters. The van der Waals surface area contributed by atoms with Crippen LogP contribution >= 0.6 is 0 Å². The molecule has 0 amide bonds. The van der Waals surface area contributed by atoms with Crippen LogP contribution in [0.15, 0.2) is 5.16 Å². The quantitative estimate of drug-likeness (QED) is 0.289. The standard InChI is InChI=1S/C13H27N3O/c1-3-12(9-13(14)16-17)15-10(2)11-7-5-4-6-8-11/h10-12,15,17H,3-9H2,1-2H3,(H2,14,16)/t10-,12?/m0/s1. The zero-order chi connectivity index (χ0) is 12.7. The summed E-state index contributed by atoms with van der Waals surface area (Å²) in [6.45, 7) is 4.40. The molecule has 0 aliphatic heterocycles. The largest absolute Gasteiger partial charge is 0.409 e. The number of rotatable bonds is 6. The van der Waals surface area contributed by atoms with E-state index in [1.807, 2.05) is 0 Å². The van der Waals surface area contributed by atoms with E-state index >= 15 is 0 Å². The first-order chi connectivity index (χ1) is 8.17. The second-order valence-electron chi connectivity index (χ2n) is 5.25. The molecule has 4 N–H and O–H groups in total. The van der Waals surface area contributed by atoms with Crippen molar-refractivity contribution in [1.29, 1.82) is 0 Å². The molecule has 4 heteroatoms. The van der Waals surface area contributed by atoms with Crippen LogP contribution in [0.5, 0.6) is 0 Å². The van der Waals surface area contributed by atoms with Gasteiger partial charge in [0.25, 0.3) is 0 Å². The van der Waals surface area contributed by atoms with Crippen molar-refractivity contribution >= 4 is 5.84 Å². The number of amidine groups is 1. The highest BCUT2D eigenvalue weighted by Crippen LogP contribution is 2.26. The first-order valence-electron chi connectivity index (χ1n) is 6.89. The van der Waals surface area contributed by atoms with Gasteiger partial charge in [-0.05, 0) is 32.1 Å². The Bertz CT molecular complexity index is 237. The van der Waals surface area contributed by atoms with Gasteiger partial charge < -0.3 is 16.3 Å². The summed E-state index contributed by atoms with van der Waals surface area (Å²) >= 11 is 0. The van der Waals surface area contributed by atoms with Crippen molar-refractivity contribution < 1.29 is 5.21 Å². The maximum Gasteiger partial charge on any atom is 0.140 e. The average Bonchev–Trinajstić information content (AvgIpc) is 2.38. The number of nitrogens with one attached hydrogen (secondary N) is 1. The predicted molar refractivity (Wildman–Crippen MR) is 71.3 cm³/mol. The zero-order valence-corrected chi connectivity index (χ0v) is 11.2. The van der Waals surface area contributed by atoms with Gasteiger partial charge in [-0.3, -0.25) is 0 Å². The average molecular weight is 241 g/mol. The fraction of sp³-hybridized carbons (Fsp3) is 0.923. The maximum absolute atomic E-state index is 8.60. The Morgan fingerprint density at radius 3 is 2.59 bits per heavy atom. The Morgan fingerprint density at radius 1 is 1.41 bits per heavy atom. The van der Waals surface area contributed by atoms with Crippen LogP contribution in [-0.4, -0.2) is 23.1 Å². The summed E-state index contributed by atoms with van der Waals surface area (Å²) in [7, 11) is 0. The lowest BCUT2D eigenvalue weighted by atomic mass is 9.84. The molecule has 0 aromatic heterocycles. The van der Waals surface area contributed by atoms with Crippen LogP contribution in [-0.2, 0) is 0 Å². The summed E-state index contributed by atoms with van der Waals surface area (Å²) in [6.07, 6.45) is 8.45. The molecular formula is C13H27N3O. The lowest BCUT2D eigenvalue weighted by Gasteiger charge is -2.31. The summed E-state index contributed by atoms with van der Waals surface area (Å²) in [5, 5.41) is 15.3. The SMILES string of the molecule is CCC(CC(N)=NO)N[C@@H](C)C1CCCCC1. The van der Waals surface area contributed by atoms with Crippen molar-refractivity contribution in [1.82, 2.24) is 5.32 Å². The topological polar surface area (TPSA) is 70.6 Å². The van der Waals surface area contributed by atoms with Crippen LogP contribution < -0.4 is 11.1 Å². The van der Waals surface area contributed by atoms with Gasteiger partial charge in [-0.25, -0.2) is 0 Å². The molecule has 0 aromatic carbocycles. The number of hydrogen-bond acceptors (Lipinski definition) is 3. The van der Waals surface area contributed by atoms with Gasteiger partial charge in [0.15, 0.2) is 0 Å². The lowest BCUT2D eigenvalue weighted by molar-refractivity contribution is 0.261. The minimum absolute atomic E-state index is 0.320. The molecule has 1 unspecified atom stereocenters. The third-order valence-electron chi connectivity index (χ3n) is 3.93. The van der Waals surface area contributed by atoms with Gasteiger partial charge in [0.05, 0.1) is 0 Å². The molecule has 0 spiro atoms. The molecule has 4 nitrogen and oxygen atoms in total. The first kappa shape index (κ1) is 14.3. The number of nitrogens with two attached hydrogens (primary N) is 1. The van der Waals surface area contributed by atoms with E-state index in [-0.39, 0.29) is 0 Å². The molecule has 100 valence electrons. The predicted octanol–water partition coefficient (Wildman–Crippen LogP) is 2.46. The van der Waals surface area contributed by atoms with E-state index in [9.17, 15) is 0 Å². The molecule has 0 saturated heterocycles. The van der Waals surface area contributed by atoms with Crippen molar-refractivity contribution in [3.8, 4) is 0 Å². The van der Waals surface area contributed by atoms with Gasteiger partial charge in [0.1, 0.15) is 5.84 Å². The van der Waals surface area contributed by atoms with Crippen molar-refractivity contribution in [2.45, 2.75) is 70.9 Å². The molecule has 0 radical (unpaired) electrons. The molecule has 1 fully saturated rings. The van der Waals surface area contributed by atoms with E-state index in [2.05, 4.69) is 24.3 Å². The van der Waals surface area contributed by atoms with Crippen LogP contribution in [0.3, 0.4) is 0 Å². The van der Waals surface area contributed by atoms with Gasteiger partial charge >= 0.3 is 0 Å². The van der Waals surface area contributed by atoms with E-state index < -0.39 is 0 Å². The van der Waals surface area contributed by atoms with E-state index in [0.29, 0.717) is 24.3 Å². The fourth-order valence-corrected chi connectivity index (χ4v) is 2.76. The molecule has 1 aliphatic carbocycles. The Hall–Kier alpha value is -0.770. The number of hydrogen-bond donors (Lipinski definition) is 3. The van der Waals surface area contributed by atoms with E-state index in [4.69, 9.17) is 10.9 Å². The first-order valence-corrected chi connectivity index (χ1v) is 6.89. The number of oxime groups is 1. The van der Waals surface area contributed by atoms with Gasteiger partial charge in [0, 0.05) is 18.5 Å². The summed E-state index contributed by atoms with van der Waals surface area (Å²) < 4.78 is 0. The summed E-state index contributed by atoms with van der Waals surface area (Å²) in [5.74, 6) is 1.12. The summed E-state index contributed by atoms with van der Waals surface area (Å²) in [4.78, 5) is 0. The molecule has 1 saturated carbocycles. The molecule has 0 heterocycles. The van der Waals surface area contributed by atoms with Crippen LogP contribution in [0, 0.1) is 5.92 Å². The highest BCUT2D eigenvalue weighted by Gasteiger charge is 2.22. The normalized spacial score (nSPS) is 22.4. The van der Waals surface area contributed by atoms with Crippen LogP contribution in [0.2, 0.25) is 0 Å². The molecule has 1 rings (SSSR count). The molecular weight excluding hydrogens is 214 g/mol. The van der Waals surface area contributed by atoms with Gasteiger partial charge in [-0.2, -0.15) is 0 Å². The van der Waals surface area contributed by atoms with Crippen LogP contribution in [0.25, 0.3) is 0 Å². The second kappa shape index (κ2) is 7.54. The molecule has 0 aromatic rings. The molecule has 17 heavy (non-hydrogen) atoms. The van der Waals surface area contributed by atoms with Gasteiger partial charge in [-0.15, -0.1) is 0 Å². The fourth-order valence-electron chi connectivity index (χ4n) is 2.76. The van der Waals surface area contributed by atoms with Gasteiger partial charge in [-0.1, -0.05) is 31.3 Å². The number of nitrogens with zero attached hydrogens (tertiary/aromatic N) is 1. The monoisotopic (exact) mass is 241 g/mol. The van der Waals surface area contributed by atoms with E-state index in [1.165, 1.54) is 32.1 Å². The maximum atomic E-state index is 8.60. The smallest absolute Gasteiger partial charge is 0.140 e. The highest BCUT2D eigenvalue weighted by molar-refractivity contribution is 5.80. The minimum atomic E-state index is 0.320. The summed E-state index contributed by atoms with van der Waals surface area (Å²) in [5.41, 5.74) is 5.56. The second-order valence-corrected chi connectivity index (χ2v) is 5.25. The van der Waals surface area contributed by atoms with Gasteiger partial charge in [0.2, 0.25) is 0 Å². The molecule has 0 bridgehead atoms. The van der Waals surface area contributed by atoms with Crippen molar-refractivity contribution in [2.24, 2.45) is 16.8 Å². The third-order valence-corrected chi connectivity index (χ3v) is 3.93. The van der Waals surface area contributed by atoms with E-state index in [1.54, 1.807) is 0 Å². The van der Waals surface area contributed by atoms with Crippen LogP contribution in [0.4, 0.5) is 0 Å². The zero-order valence-electron chi connectivity index (χ0n) is 11.2. The Kier molecular flexibility index (Phi) is 6.34. The van der Waals surface area contributed by atoms with Crippen molar-refractivity contribution in [3.63, 3.8) is 0 Å².